The Labute approximate surface area is 153 Å². The Morgan fingerprint density at radius 3 is 2.58 bits per heavy atom. The molecule has 2 aliphatic heterocycles. The van der Waals surface area contributed by atoms with E-state index in [2.05, 4.69) is 22.6 Å². The summed E-state index contributed by atoms with van der Waals surface area (Å²) in [5.41, 5.74) is 1.13. The van der Waals surface area contributed by atoms with Gasteiger partial charge < -0.3 is 15.5 Å². The van der Waals surface area contributed by atoms with Crippen molar-refractivity contribution in [1.82, 2.24) is 15.1 Å². The molecule has 1 spiro atoms. The molecule has 1 atom stereocenters. The van der Waals surface area contributed by atoms with E-state index < -0.39 is 0 Å². The molecule has 0 unspecified atom stereocenters. The average molecular weight is 358 g/mol. The van der Waals surface area contributed by atoms with Gasteiger partial charge in [-0.25, -0.2) is 4.79 Å². The molecule has 0 saturated carbocycles. The third-order valence-corrected chi connectivity index (χ3v) is 5.56. The molecule has 26 heavy (non-hydrogen) atoms. The Morgan fingerprint density at radius 1 is 1.15 bits per heavy atom. The third kappa shape index (κ3) is 3.88. The third-order valence-electron chi connectivity index (χ3n) is 5.56. The van der Waals surface area contributed by atoms with Gasteiger partial charge in [0.05, 0.1) is 0 Å². The van der Waals surface area contributed by atoms with Crippen LogP contribution in [0.5, 0.6) is 0 Å². The van der Waals surface area contributed by atoms with Crippen LogP contribution < -0.4 is 10.6 Å². The summed E-state index contributed by atoms with van der Waals surface area (Å²) in [5.74, 6) is 0.0859. The first-order chi connectivity index (χ1) is 12.4. The highest BCUT2D eigenvalue weighted by Gasteiger charge is 2.42. The van der Waals surface area contributed by atoms with E-state index in [4.69, 9.17) is 0 Å². The van der Waals surface area contributed by atoms with Gasteiger partial charge in [0.1, 0.15) is 0 Å². The molecule has 0 aromatic heterocycles. The van der Waals surface area contributed by atoms with E-state index in [-0.39, 0.29) is 23.3 Å². The van der Waals surface area contributed by atoms with Gasteiger partial charge in [-0.05, 0) is 51.1 Å². The molecule has 140 valence electrons. The summed E-state index contributed by atoms with van der Waals surface area (Å²) in [4.78, 5) is 39.9. The predicted octanol–water partition coefficient (Wildman–Crippen LogP) is 1.71. The van der Waals surface area contributed by atoms with Gasteiger partial charge in [-0.3, -0.25) is 14.5 Å². The fourth-order valence-corrected chi connectivity index (χ4v) is 3.76. The fourth-order valence-electron chi connectivity index (χ4n) is 3.76. The Kier molecular flexibility index (Phi) is 5.27. The van der Waals surface area contributed by atoms with Gasteiger partial charge >= 0.3 is 6.03 Å². The first kappa shape index (κ1) is 18.4. The summed E-state index contributed by atoms with van der Waals surface area (Å²) < 4.78 is 0. The lowest BCUT2D eigenvalue weighted by atomic mass is 9.86. The second-order valence-electron chi connectivity index (χ2n) is 7.23. The SMILES string of the molecule is CC(=O)c1ccc(NC(=O)N2CCN(C)[C@@]3(CCNC(=O)CC3)C2)cc1. The van der Waals surface area contributed by atoms with E-state index in [0.717, 1.165) is 19.4 Å². The normalized spacial score (nSPS) is 24.1. The average Bonchev–Trinajstić information content (AvgIpc) is 2.80. The number of piperazine rings is 1. The first-order valence-electron chi connectivity index (χ1n) is 9.04. The molecule has 2 N–H and O–H groups in total. The monoisotopic (exact) mass is 358 g/mol. The summed E-state index contributed by atoms with van der Waals surface area (Å²) in [6.07, 6.45) is 2.09. The lowest BCUT2D eigenvalue weighted by molar-refractivity contribution is -0.121. The highest BCUT2D eigenvalue weighted by Crippen LogP contribution is 2.30. The van der Waals surface area contributed by atoms with Crippen molar-refractivity contribution < 1.29 is 14.4 Å². The van der Waals surface area contributed by atoms with Crippen LogP contribution in [0.4, 0.5) is 10.5 Å². The number of nitrogens with zero attached hydrogens (tertiary/aromatic N) is 2. The summed E-state index contributed by atoms with van der Waals surface area (Å²) in [6.45, 7) is 4.20. The lowest BCUT2D eigenvalue weighted by Crippen LogP contribution is -2.62. The van der Waals surface area contributed by atoms with E-state index in [0.29, 0.717) is 37.3 Å². The smallest absolute Gasteiger partial charge is 0.321 e. The van der Waals surface area contributed by atoms with Crippen molar-refractivity contribution in [2.24, 2.45) is 0 Å². The second-order valence-corrected chi connectivity index (χ2v) is 7.23. The topological polar surface area (TPSA) is 81.8 Å². The van der Waals surface area contributed by atoms with Crippen LogP contribution in [-0.2, 0) is 4.79 Å². The molecular formula is C19H26N4O3. The van der Waals surface area contributed by atoms with E-state index in [1.165, 1.54) is 6.92 Å². The van der Waals surface area contributed by atoms with Crippen LogP contribution in [0.15, 0.2) is 24.3 Å². The summed E-state index contributed by atoms with van der Waals surface area (Å²) in [6, 6.07) is 6.78. The first-order valence-corrected chi connectivity index (χ1v) is 9.04. The molecule has 0 radical (unpaired) electrons. The zero-order valence-electron chi connectivity index (χ0n) is 15.4. The van der Waals surface area contributed by atoms with Gasteiger partial charge in [0, 0.05) is 49.4 Å². The number of benzene rings is 1. The number of carbonyl (C=O) groups excluding carboxylic acids is 3. The van der Waals surface area contributed by atoms with Crippen LogP contribution in [0, 0.1) is 0 Å². The molecule has 0 bridgehead atoms. The largest absolute Gasteiger partial charge is 0.356 e. The molecule has 2 saturated heterocycles. The predicted molar refractivity (Wildman–Crippen MR) is 99.3 cm³/mol. The highest BCUT2D eigenvalue weighted by molar-refractivity contribution is 5.95. The number of Topliss-reactive ketones (excluding diaryl/α,β-unsaturated/α-hetero) is 1. The van der Waals surface area contributed by atoms with Crippen molar-refractivity contribution in [3.05, 3.63) is 29.8 Å². The number of rotatable bonds is 2. The number of hydrogen-bond donors (Lipinski definition) is 2. The Balaban J connectivity index is 1.67. The zero-order valence-corrected chi connectivity index (χ0v) is 15.4. The number of carbonyl (C=O) groups is 3. The molecule has 2 heterocycles. The quantitative estimate of drug-likeness (QED) is 0.789. The maximum absolute atomic E-state index is 12.7. The van der Waals surface area contributed by atoms with Crippen LogP contribution in [0.1, 0.15) is 36.5 Å². The number of anilines is 1. The standard InChI is InChI=1S/C19H26N4O3/c1-14(24)15-3-5-16(6-4-15)21-18(26)23-12-11-22(2)19(13-23)8-7-17(25)20-10-9-19/h3-6H,7-13H2,1-2H3,(H,20,25)(H,21,26)/t19-/m0/s1. The van der Waals surface area contributed by atoms with Crippen LogP contribution >= 0.6 is 0 Å². The van der Waals surface area contributed by atoms with Gasteiger partial charge in [0.25, 0.3) is 0 Å². The van der Waals surface area contributed by atoms with Crippen molar-refractivity contribution in [3.63, 3.8) is 0 Å². The van der Waals surface area contributed by atoms with E-state index in [1.807, 2.05) is 4.90 Å². The van der Waals surface area contributed by atoms with Gasteiger partial charge in [-0.15, -0.1) is 0 Å². The molecule has 2 aliphatic rings. The van der Waals surface area contributed by atoms with Gasteiger partial charge in [-0.2, -0.15) is 0 Å². The number of amides is 3. The molecule has 3 amide bonds. The highest BCUT2D eigenvalue weighted by atomic mass is 16.2. The maximum Gasteiger partial charge on any atom is 0.321 e. The van der Waals surface area contributed by atoms with Crippen LogP contribution in [0.2, 0.25) is 0 Å². The summed E-state index contributed by atoms with van der Waals surface area (Å²) in [5, 5.41) is 5.84. The van der Waals surface area contributed by atoms with Crippen molar-refractivity contribution in [1.29, 1.82) is 0 Å². The summed E-state index contributed by atoms with van der Waals surface area (Å²) in [7, 11) is 2.07. The number of ketones is 1. The number of likely N-dealkylation sites (N-methyl/N-ethyl adjacent to an activating group) is 1. The number of nitrogens with one attached hydrogen (secondary N) is 2. The van der Waals surface area contributed by atoms with Crippen molar-refractivity contribution in [3.8, 4) is 0 Å². The van der Waals surface area contributed by atoms with E-state index in [9.17, 15) is 14.4 Å². The minimum atomic E-state index is -0.159. The van der Waals surface area contributed by atoms with Crippen molar-refractivity contribution in [2.75, 3.05) is 38.5 Å². The molecule has 1 aromatic carbocycles. The molecular weight excluding hydrogens is 332 g/mol. The van der Waals surface area contributed by atoms with Crippen LogP contribution in [0.25, 0.3) is 0 Å². The van der Waals surface area contributed by atoms with Gasteiger partial charge in [0.15, 0.2) is 5.78 Å². The lowest BCUT2D eigenvalue weighted by Gasteiger charge is -2.49. The fraction of sp³-hybridized carbons (Fsp3) is 0.526. The molecule has 3 rings (SSSR count). The van der Waals surface area contributed by atoms with Gasteiger partial charge in [-0.1, -0.05) is 0 Å². The van der Waals surface area contributed by atoms with Crippen LogP contribution in [0.3, 0.4) is 0 Å². The second kappa shape index (κ2) is 7.45. The molecule has 2 fully saturated rings. The molecule has 0 aliphatic carbocycles. The maximum atomic E-state index is 12.7. The molecule has 7 nitrogen and oxygen atoms in total. The Hall–Kier alpha value is -2.41. The Bertz CT molecular complexity index is 703. The number of urea groups is 1. The van der Waals surface area contributed by atoms with Crippen molar-refractivity contribution >= 4 is 23.4 Å². The zero-order chi connectivity index (χ0) is 18.7. The molecule has 7 heteroatoms. The Morgan fingerprint density at radius 2 is 1.88 bits per heavy atom. The minimum absolute atomic E-state index is 0.000376. The molecule has 1 aromatic rings. The minimum Gasteiger partial charge on any atom is -0.356 e. The van der Waals surface area contributed by atoms with Crippen molar-refractivity contribution in [2.45, 2.75) is 31.7 Å². The van der Waals surface area contributed by atoms with E-state index >= 15 is 0 Å². The summed E-state index contributed by atoms with van der Waals surface area (Å²) >= 11 is 0. The van der Waals surface area contributed by atoms with Gasteiger partial charge in [0.2, 0.25) is 5.91 Å². The van der Waals surface area contributed by atoms with Crippen LogP contribution in [-0.4, -0.2) is 66.3 Å². The van der Waals surface area contributed by atoms with E-state index in [1.54, 1.807) is 24.3 Å². The number of hydrogen-bond acceptors (Lipinski definition) is 4.